The molecule has 142 valence electrons. The SMILES string of the molecule is Brc1cc2c(c3ccccc13)-c1ccccc1[Si]2(c1ccccc1)c1ccccc1. The average Bonchev–Trinajstić information content (AvgIpc) is 3.11. The number of fused-ring (bicyclic) bond motifs is 5. The maximum atomic E-state index is 3.91. The Hall–Kier alpha value is -2.94. The minimum Gasteiger partial charge on any atom is -0.0623 e. The van der Waals surface area contributed by atoms with E-state index in [1.54, 1.807) is 0 Å². The van der Waals surface area contributed by atoms with E-state index in [2.05, 4.69) is 131 Å². The van der Waals surface area contributed by atoms with Gasteiger partial charge >= 0.3 is 0 Å². The van der Waals surface area contributed by atoms with Gasteiger partial charge in [0.05, 0.1) is 0 Å². The molecule has 0 fully saturated rings. The highest BCUT2D eigenvalue weighted by atomic mass is 79.9. The van der Waals surface area contributed by atoms with Crippen molar-refractivity contribution in [2.75, 3.05) is 0 Å². The Labute approximate surface area is 186 Å². The molecule has 0 saturated carbocycles. The Morgan fingerprint density at radius 1 is 0.500 bits per heavy atom. The van der Waals surface area contributed by atoms with E-state index in [1.807, 2.05) is 0 Å². The third-order valence-corrected chi connectivity index (χ3v) is 11.9. The first-order valence-corrected chi connectivity index (χ1v) is 13.0. The molecule has 1 aliphatic heterocycles. The Morgan fingerprint density at radius 2 is 1.03 bits per heavy atom. The zero-order valence-corrected chi connectivity index (χ0v) is 18.9. The van der Waals surface area contributed by atoms with Crippen LogP contribution in [0.4, 0.5) is 0 Å². The lowest BCUT2D eigenvalue weighted by molar-refractivity contribution is 1.70. The van der Waals surface area contributed by atoms with Crippen LogP contribution in [0.25, 0.3) is 21.9 Å². The van der Waals surface area contributed by atoms with Crippen molar-refractivity contribution in [1.82, 2.24) is 0 Å². The Balaban J connectivity index is 1.87. The monoisotopic (exact) mass is 462 g/mol. The van der Waals surface area contributed by atoms with Gasteiger partial charge in [-0.2, -0.15) is 0 Å². The van der Waals surface area contributed by atoms with Gasteiger partial charge in [-0.25, -0.2) is 0 Å². The molecular weight excluding hydrogens is 444 g/mol. The molecule has 0 aliphatic carbocycles. The van der Waals surface area contributed by atoms with Gasteiger partial charge in [-0.3, -0.25) is 0 Å². The molecule has 0 saturated heterocycles. The Kier molecular flexibility index (Phi) is 4.05. The summed E-state index contributed by atoms with van der Waals surface area (Å²) >= 11 is 3.91. The lowest BCUT2D eigenvalue weighted by atomic mass is 9.98. The van der Waals surface area contributed by atoms with Crippen molar-refractivity contribution in [3.63, 3.8) is 0 Å². The summed E-state index contributed by atoms with van der Waals surface area (Å²) in [6.07, 6.45) is 0. The average molecular weight is 463 g/mol. The van der Waals surface area contributed by atoms with E-state index >= 15 is 0 Å². The van der Waals surface area contributed by atoms with Gasteiger partial charge in [0.25, 0.3) is 0 Å². The van der Waals surface area contributed by atoms with Crippen LogP contribution in [0.2, 0.25) is 0 Å². The van der Waals surface area contributed by atoms with Crippen molar-refractivity contribution in [2.45, 2.75) is 0 Å². The van der Waals surface area contributed by atoms with E-state index in [0.717, 1.165) is 0 Å². The molecule has 0 bridgehead atoms. The highest BCUT2D eigenvalue weighted by molar-refractivity contribution is 9.10. The highest BCUT2D eigenvalue weighted by Crippen LogP contribution is 2.37. The topological polar surface area (TPSA) is 0 Å². The zero-order valence-electron chi connectivity index (χ0n) is 16.3. The fraction of sp³-hybridized carbons (Fsp3) is 0. The molecule has 1 heterocycles. The van der Waals surface area contributed by atoms with Gasteiger partial charge in [-0.05, 0) is 48.7 Å². The van der Waals surface area contributed by atoms with Crippen molar-refractivity contribution >= 4 is 55.5 Å². The molecule has 0 amide bonds. The van der Waals surface area contributed by atoms with Crippen LogP contribution in [0, 0.1) is 0 Å². The molecule has 5 aromatic rings. The van der Waals surface area contributed by atoms with E-state index in [0.29, 0.717) is 0 Å². The van der Waals surface area contributed by atoms with E-state index in [4.69, 9.17) is 0 Å². The third kappa shape index (κ3) is 2.32. The van der Waals surface area contributed by atoms with Crippen LogP contribution < -0.4 is 20.7 Å². The summed E-state index contributed by atoms with van der Waals surface area (Å²) in [6.45, 7) is 0. The van der Waals surface area contributed by atoms with Gasteiger partial charge in [0.15, 0.2) is 8.07 Å². The van der Waals surface area contributed by atoms with E-state index in [-0.39, 0.29) is 0 Å². The van der Waals surface area contributed by atoms with Gasteiger partial charge in [-0.15, -0.1) is 0 Å². The van der Waals surface area contributed by atoms with Gasteiger partial charge in [0.1, 0.15) is 0 Å². The first-order chi connectivity index (χ1) is 14.8. The third-order valence-electron chi connectivity index (χ3n) is 6.41. The van der Waals surface area contributed by atoms with Crippen LogP contribution in [-0.2, 0) is 0 Å². The summed E-state index contributed by atoms with van der Waals surface area (Å²) in [4.78, 5) is 0. The summed E-state index contributed by atoms with van der Waals surface area (Å²) in [6, 6.07) is 42.5. The molecule has 0 nitrogen and oxygen atoms in total. The van der Waals surface area contributed by atoms with E-state index in [9.17, 15) is 0 Å². The molecule has 5 aromatic carbocycles. The molecule has 0 unspecified atom stereocenters. The standard InChI is InChI=1S/C28H19BrSi/c29-25-19-27-28(23-16-8-7-15-22(23)25)24-17-9-10-18-26(24)30(27,20-11-3-1-4-12-20)21-13-5-2-6-14-21/h1-19H. The number of halogens is 1. The molecule has 2 heteroatoms. The second kappa shape index (κ2) is 6.80. The summed E-state index contributed by atoms with van der Waals surface area (Å²) in [7, 11) is -2.40. The second-order valence-electron chi connectivity index (χ2n) is 7.85. The van der Waals surface area contributed by atoms with E-state index in [1.165, 1.54) is 47.1 Å². The van der Waals surface area contributed by atoms with Crippen LogP contribution in [-0.4, -0.2) is 8.07 Å². The first-order valence-electron chi connectivity index (χ1n) is 10.2. The number of hydrogen-bond donors (Lipinski definition) is 0. The Bertz CT molecular complexity index is 1350. The predicted molar refractivity (Wildman–Crippen MR) is 134 cm³/mol. The molecular formula is C28H19BrSi. The molecule has 0 N–H and O–H groups in total. The molecule has 0 atom stereocenters. The summed E-state index contributed by atoms with van der Waals surface area (Å²) in [5, 5.41) is 8.44. The number of hydrogen-bond acceptors (Lipinski definition) is 0. The van der Waals surface area contributed by atoms with Crippen molar-refractivity contribution in [3.05, 3.63) is 120 Å². The zero-order chi connectivity index (χ0) is 20.1. The highest BCUT2D eigenvalue weighted by Gasteiger charge is 2.49. The summed E-state index contributed by atoms with van der Waals surface area (Å²) in [5.41, 5.74) is 2.79. The van der Waals surface area contributed by atoms with Crippen LogP contribution in [0.3, 0.4) is 0 Å². The first kappa shape index (κ1) is 17.9. The number of rotatable bonds is 2. The van der Waals surface area contributed by atoms with Crippen LogP contribution in [0.5, 0.6) is 0 Å². The quantitative estimate of drug-likeness (QED) is 0.319. The minimum atomic E-state index is -2.40. The van der Waals surface area contributed by atoms with Crippen molar-refractivity contribution in [2.24, 2.45) is 0 Å². The van der Waals surface area contributed by atoms with Gasteiger partial charge in [0, 0.05) is 4.47 Å². The predicted octanol–water partition coefficient (Wildman–Crippen LogP) is 4.96. The minimum absolute atomic E-state index is 1.17. The maximum Gasteiger partial charge on any atom is 0.180 e. The summed E-state index contributed by atoms with van der Waals surface area (Å²) < 4.78 is 1.17. The molecule has 6 rings (SSSR count). The van der Waals surface area contributed by atoms with Crippen LogP contribution in [0.15, 0.2) is 120 Å². The lowest BCUT2D eigenvalue weighted by Gasteiger charge is -2.31. The molecule has 0 radical (unpaired) electrons. The lowest BCUT2D eigenvalue weighted by Crippen LogP contribution is -2.72. The van der Waals surface area contributed by atoms with Crippen LogP contribution >= 0.6 is 15.9 Å². The van der Waals surface area contributed by atoms with E-state index < -0.39 is 8.07 Å². The Morgan fingerprint density at radius 3 is 1.70 bits per heavy atom. The van der Waals surface area contributed by atoms with Crippen molar-refractivity contribution in [3.8, 4) is 11.1 Å². The normalized spacial score (nSPS) is 13.8. The molecule has 0 aromatic heterocycles. The molecule has 0 spiro atoms. The maximum absolute atomic E-state index is 3.91. The van der Waals surface area contributed by atoms with Gasteiger partial charge in [0.2, 0.25) is 0 Å². The largest absolute Gasteiger partial charge is 0.180 e. The van der Waals surface area contributed by atoms with Gasteiger partial charge in [-0.1, -0.05) is 125 Å². The summed E-state index contributed by atoms with van der Waals surface area (Å²) in [5.74, 6) is 0. The fourth-order valence-corrected chi connectivity index (χ4v) is 11.3. The van der Waals surface area contributed by atoms with Crippen molar-refractivity contribution in [1.29, 1.82) is 0 Å². The van der Waals surface area contributed by atoms with Crippen molar-refractivity contribution < 1.29 is 0 Å². The molecule has 30 heavy (non-hydrogen) atoms. The van der Waals surface area contributed by atoms with Gasteiger partial charge < -0.3 is 0 Å². The smallest absolute Gasteiger partial charge is 0.0623 e. The second-order valence-corrected chi connectivity index (χ2v) is 12.4. The fourth-order valence-electron chi connectivity index (χ4n) is 5.26. The number of benzene rings is 5. The van der Waals surface area contributed by atoms with Crippen LogP contribution in [0.1, 0.15) is 0 Å². The molecule has 1 aliphatic rings.